The molecule has 136 valence electrons. The average Bonchev–Trinajstić information content (AvgIpc) is 2.97. The molecule has 0 spiro atoms. The number of ether oxygens (including phenoxy) is 1. The van der Waals surface area contributed by atoms with E-state index in [9.17, 15) is 9.59 Å². The number of carbonyl (C=O) groups excluding carboxylic acids is 2. The summed E-state index contributed by atoms with van der Waals surface area (Å²) in [4.78, 5) is 29.9. The Morgan fingerprint density at radius 1 is 1.38 bits per heavy atom. The number of fused-ring (bicyclic) bond motifs is 1. The summed E-state index contributed by atoms with van der Waals surface area (Å²) >= 11 is 0. The van der Waals surface area contributed by atoms with Crippen molar-refractivity contribution in [3.8, 4) is 5.75 Å². The van der Waals surface area contributed by atoms with Gasteiger partial charge in [-0.1, -0.05) is 0 Å². The maximum absolute atomic E-state index is 12.5. The Hall–Kier alpha value is -3.09. The largest absolute Gasteiger partial charge is 0.496 e. The van der Waals surface area contributed by atoms with Crippen LogP contribution in [0, 0.1) is 13.8 Å². The number of anilines is 2. The Kier molecular flexibility index (Phi) is 4.79. The van der Waals surface area contributed by atoms with Crippen LogP contribution in [0.4, 0.5) is 16.2 Å². The predicted octanol–water partition coefficient (Wildman–Crippen LogP) is 2.87. The number of amides is 3. The average molecular weight is 354 g/mol. The highest BCUT2D eigenvalue weighted by Crippen LogP contribution is 2.27. The second-order valence-corrected chi connectivity index (χ2v) is 6.43. The van der Waals surface area contributed by atoms with Gasteiger partial charge >= 0.3 is 6.03 Å². The van der Waals surface area contributed by atoms with Gasteiger partial charge in [-0.3, -0.25) is 9.78 Å². The normalized spacial score (nSPS) is 12.4. The number of hydrogen-bond donors (Lipinski definition) is 2. The van der Waals surface area contributed by atoms with Gasteiger partial charge in [-0.05, 0) is 37.6 Å². The minimum absolute atomic E-state index is 0.0320. The highest BCUT2D eigenvalue weighted by molar-refractivity contribution is 6.00. The lowest BCUT2D eigenvalue weighted by Crippen LogP contribution is -2.31. The number of methoxy groups -OCH3 is 1. The molecule has 7 heteroatoms. The highest BCUT2D eigenvalue weighted by atomic mass is 16.5. The summed E-state index contributed by atoms with van der Waals surface area (Å²) < 4.78 is 5.41. The van der Waals surface area contributed by atoms with Crippen LogP contribution in [0.15, 0.2) is 24.4 Å². The molecule has 1 aromatic carbocycles. The molecular formula is C19H22N4O3. The molecule has 0 atom stereocenters. The Labute approximate surface area is 152 Å². The minimum Gasteiger partial charge on any atom is -0.496 e. The molecule has 0 unspecified atom stereocenters. The van der Waals surface area contributed by atoms with Crippen molar-refractivity contribution in [2.45, 2.75) is 26.8 Å². The molecule has 3 rings (SSSR count). The van der Waals surface area contributed by atoms with Crippen LogP contribution in [0.5, 0.6) is 5.75 Å². The van der Waals surface area contributed by atoms with Gasteiger partial charge < -0.3 is 20.3 Å². The van der Waals surface area contributed by atoms with Crippen molar-refractivity contribution in [2.24, 2.45) is 0 Å². The SMILES string of the molecule is COc1c(C)cnc(CN(C)C(=O)Nc2ccc3c(c2)CC(=O)N3)c1C. The Bertz CT molecular complexity index is 879. The van der Waals surface area contributed by atoms with E-state index >= 15 is 0 Å². The number of benzene rings is 1. The molecular weight excluding hydrogens is 332 g/mol. The molecule has 7 nitrogen and oxygen atoms in total. The van der Waals surface area contributed by atoms with Gasteiger partial charge in [-0.25, -0.2) is 4.79 Å². The molecule has 0 radical (unpaired) electrons. The quantitative estimate of drug-likeness (QED) is 0.884. The fraction of sp³-hybridized carbons (Fsp3) is 0.316. The molecule has 3 amide bonds. The molecule has 1 aliphatic heterocycles. The molecule has 26 heavy (non-hydrogen) atoms. The third-order valence-electron chi connectivity index (χ3n) is 4.47. The van der Waals surface area contributed by atoms with Crippen LogP contribution in [0.2, 0.25) is 0 Å². The number of rotatable bonds is 4. The third-order valence-corrected chi connectivity index (χ3v) is 4.47. The number of carbonyl (C=O) groups is 2. The predicted molar refractivity (Wildman–Crippen MR) is 99.5 cm³/mol. The van der Waals surface area contributed by atoms with Crippen LogP contribution in [0.1, 0.15) is 22.4 Å². The molecule has 2 N–H and O–H groups in total. The number of nitrogens with zero attached hydrogens (tertiary/aromatic N) is 2. The smallest absolute Gasteiger partial charge is 0.321 e. The Morgan fingerprint density at radius 2 is 2.15 bits per heavy atom. The second-order valence-electron chi connectivity index (χ2n) is 6.43. The van der Waals surface area contributed by atoms with Gasteiger partial charge in [0.25, 0.3) is 0 Å². The molecule has 2 heterocycles. The molecule has 0 fully saturated rings. The number of aromatic nitrogens is 1. The molecule has 0 aliphatic carbocycles. The standard InChI is InChI=1S/C19H22N4O3/c1-11-9-20-16(12(2)18(11)26-4)10-23(3)19(25)21-14-5-6-15-13(7-14)8-17(24)22-15/h5-7,9H,8,10H2,1-4H3,(H,21,25)(H,22,24). The highest BCUT2D eigenvalue weighted by Gasteiger charge is 2.19. The van der Waals surface area contributed by atoms with E-state index in [4.69, 9.17) is 4.74 Å². The van der Waals surface area contributed by atoms with E-state index in [1.165, 1.54) is 0 Å². The first-order valence-electron chi connectivity index (χ1n) is 8.33. The Balaban J connectivity index is 1.69. The lowest BCUT2D eigenvalue weighted by molar-refractivity contribution is -0.115. The van der Waals surface area contributed by atoms with E-state index in [2.05, 4.69) is 15.6 Å². The number of urea groups is 1. The van der Waals surface area contributed by atoms with E-state index in [0.29, 0.717) is 18.7 Å². The van der Waals surface area contributed by atoms with Gasteiger partial charge in [0.1, 0.15) is 5.75 Å². The number of aryl methyl sites for hydroxylation is 1. The zero-order chi connectivity index (χ0) is 18.8. The number of hydrogen-bond acceptors (Lipinski definition) is 4. The third kappa shape index (κ3) is 3.46. The summed E-state index contributed by atoms with van der Waals surface area (Å²) in [5, 5.41) is 5.63. The molecule has 1 aliphatic rings. The van der Waals surface area contributed by atoms with Crippen molar-refractivity contribution in [2.75, 3.05) is 24.8 Å². The van der Waals surface area contributed by atoms with Crippen LogP contribution < -0.4 is 15.4 Å². The van der Waals surface area contributed by atoms with E-state index in [1.54, 1.807) is 37.4 Å². The monoisotopic (exact) mass is 354 g/mol. The van der Waals surface area contributed by atoms with Crippen LogP contribution in [0.3, 0.4) is 0 Å². The second kappa shape index (κ2) is 7.03. The zero-order valence-corrected chi connectivity index (χ0v) is 15.3. The van der Waals surface area contributed by atoms with Gasteiger partial charge in [0.05, 0.1) is 25.8 Å². The van der Waals surface area contributed by atoms with Crippen molar-refractivity contribution in [1.82, 2.24) is 9.88 Å². The number of nitrogens with one attached hydrogen (secondary N) is 2. The first-order chi connectivity index (χ1) is 12.4. The maximum Gasteiger partial charge on any atom is 0.321 e. The Morgan fingerprint density at radius 3 is 2.88 bits per heavy atom. The fourth-order valence-corrected chi connectivity index (χ4v) is 3.05. The van der Waals surface area contributed by atoms with Gasteiger partial charge in [0.2, 0.25) is 5.91 Å². The lowest BCUT2D eigenvalue weighted by Gasteiger charge is -2.20. The van der Waals surface area contributed by atoms with E-state index < -0.39 is 0 Å². The summed E-state index contributed by atoms with van der Waals surface area (Å²) in [6.45, 7) is 4.23. The minimum atomic E-state index is -0.247. The van der Waals surface area contributed by atoms with Crippen LogP contribution in [-0.2, 0) is 17.8 Å². The summed E-state index contributed by atoms with van der Waals surface area (Å²) in [6, 6.07) is 5.14. The first kappa shape index (κ1) is 17.7. The molecule has 0 saturated heterocycles. The van der Waals surface area contributed by atoms with E-state index in [0.717, 1.165) is 33.8 Å². The van der Waals surface area contributed by atoms with Gasteiger partial charge in [-0.15, -0.1) is 0 Å². The molecule has 1 aromatic heterocycles. The van der Waals surface area contributed by atoms with E-state index in [1.807, 2.05) is 19.9 Å². The topological polar surface area (TPSA) is 83.6 Å². The van der Waals surface area contributed by atoms with Crippen LogP contribution >= 0.6 is 0 Å². The first-order valence-corrected chi connectivity index (χ1v) is 8.33. The maximum atomic E-state index is 12.5. The molecule has 2 aromatic rings. The van der Waals surface area contributed by atoms with E-state index in [-0.39, 0.29) is 11.9 Å². The van der Waals surface area contributed by atoms with Gasteiger partial charge in [-0.2, -0.15) is 0 Å². The van der Waals surface area contributed by atoms with Crippen LogP contribution in [0.25, 0.3) is 0 Å². The van der Waals surface area contributed by atoms with Crippen molar-refractivity contribution >= 4 is 23.3 Å². The zero-order valence-electron chi connectivity index (χ0n) is 15.3. The van der Waals surface area contributed by atoms with Crippen molar-refractivity contribution < 1.29 is 14.3 Å². The van der Waals surface area contributed by atoms with Crippen molar-refractivity contribution in [3.63, 3.8) is 0 Å². The fourth-order valence-electron chi connectivity index (χ4n) is 3.05. The van der Waals surface area contributed by atoms with Gasteiger partial charge in [0, 0.05) is 35.7 Å². The molecule has 0 bridgehead atoms. The summed E-state index contributed by atoms with van der Waals surface area (Å²) in [5.41, 5.74) is 5.01. The lowest BCUT2D eigenvalue weighted by atomic mass is 10.1. The van der Waals surface area contributed by atoms with Gasteiger partial charge in [0.15, 0.2) is 0 Å². The van der Waals surface area contributed by atoms with Crippen molar-refractivity contribution in [3.05, 3.63) is 46.8 Å². The number of pyridine rings is 1. The summed E-state index contributed by atoms with van der Waals surface area (Å²) in [7, 11) is 3.34. The van der Waals surface area contributed by atoms with Crippen LogP contribution in [-0.4, -0.2) is 36.0 Å². The summed E-state index contributed by atoms with van der Waals surface area (Å²) in [6.07, 6.45) is 2.08. The summed E-state index contributed by atoms with van der Waals surface area (Å²) in [5.74, 6) is 0.759. The van der Waals surface area contributed by atoms with Crippen molar-refractivity contribution in [1.29, 1.82) is 0 Å². The molecule has 0 saturated carbocycles.